The second kappa shape index (κ2) is 7.13. The van der Waals surface area contributed by atoms with Crippen LogP contribution in [0.1, 0.15) is 31.7 Å². The smallest absolute Gasteiger partial charge is 0.245 e. The molecule has 23 heavy (non-hydrogen) atoms. The summed E-state index contributed by atoms with van der Waals surface area (Å²) >= 11 is 0. The van der Waals surface area contributed by atoms with Gasteiger partial charge in [0.2, 0.25) is 11.8 Å². The first-order valence-electron chi connectivity index (χ1n) is 8.39. The van der Waals surface area contributed by atoms with Crippen LogP contribution in [0, 0.1) is 0 Å². The van der Waals surface area contributed by atoms with E-state index in [9.17, 15) is 9.59 Å². The number of aryl methyl sites for hydroxylation is 1. The van der Waals surface area contributed by atoms with E-state index >= 15 is 0 Å². The van der Waals surface area contributed by atoms with Crippen LogP contribution in [0.25, 0.3) is 0 Å². The summed E-state index contributed by atoms with van der Waals surface area (Å²) in [6.07, 6.45) is 2.99. The number of morpholine rings is 1. The number of nitrogens with zero attached hydrogens (tertiary/aromatic N) is 1. The van der Waals surface area contributed by atoms with Gasteiger partial charge in [-0.2, -0.15) is 0 Å². The second-order valence-corrected chi connectivity index (χ2v) is 6.49. The van der Waals surface area contributed by atoms with Crippen LogP contribution in [-0.4, -0.2) is 48.1 Å². The van der Waals surface area contributed by atoms with E-state index in [-0.39, 0.29) is 30.1 Å². The van der Waals surface area contributed by atoms with E-state index in [1.807, 2.05) is 30.0 Å². The molecule has 1 N–H and O–H groups in total. The highest BCUT2D eigenvalue weighted by Gasteiger charge is 2.35. The van der Waals surface area contributed by atoms with Gasteiger partial charge in [0.15, 0.2) is 0 Å². The topological polar surface area (TPSA) is 58.6 Å². The van der Waals surface area contributed by atoms with E-state index < -0.39 is 0 Å². The number of benzene rings is 1. The van der Waals surface area contributed by atoms with Crippen LogP contribution >= 0.6 is 0 Å². The van der Waals surface area contributed by atoms with Crippen LogP contribution in [0.15, 0.2) is 30.3 Å². The fourth-order valence-electron chi connectivity index (χ4n) is 3.38. The monoisotopic (exact) mass is 316 g/mol. The summed E-state index contributed by atoms with van der Waals surface area (Å²) in [7, 11) is 0. The minimum atomic E-state index is -0.345. The van der Waals surface area contributed by atoms with Crippen LogP contribution < -0.4 is 5.32 Å². The predicted octanol–water partition coefficient (Wildman–Crippen LogP) is 1.51. The van der Waals surface area contributed by atoms with Crippen molar-refractivity contribution in [2.75, 3.05) is 13.1 Å². The van der Waals surface area contributed by atoms with Gasteiger partial charge in [-0.05, 0) is 31.7 Å². The molecule has 2 saturated heterocycles. The van der Waals surface area contributed by atoms with Crippen molar-refractivity contribution in [1.29, 1.82) is 0 Å². The third-order valence-corrected chi connectivity index (χ3v) is 4.53. The summed E-state index contributed by atoms with van der Waals surface area (Å²) < 4.78 is 5.99. The molecule has 5 nitrogen and oxygen atoms in total. The third kappa shape index (κ3) is 4.10. The van der Waals surface area contributed by atoms with E-state index in [0.29, 0.717) is 25.9 Å². The Morgan fingerprint density at radius 1 is 1.30 bits per heavy atom. The molecule has 124 valence electrons. The van der Waals surface area contributed by atoms with Gasteiger partial charge in [-0.25, -0.2) is 0 Å². The zero-order valence-corrected chi connectivity index (χ0v) is 13.5. The lowest BCUT2D eigenvalue weighted by Gasteiger charge is -2.38. The third-order valence-electron chi connectivity index (χ3n) is 4.53. The maximum absolute atomic E-state index is 12.6. The largest absolute Gasteiger partial charge is 0.372 e. The minimum absolute atomic E-state index is 0.0229. The van der Waals surface area contributed by atoms with Crippen LogP contribution in [0.2, 0.25) is 0 Å². The molecule has 2 fully saturated rings. The normalized spacial score (nSPS) is 27.8. The highest BCUT2D eigenvalue weighted by Crippen LogP contribution is 2.19. The number of carbonyl (C=O) groups excluding carboxylic acids is 2. The predicted molar refractivity (Wildman–Crippen MR) is 86.8 cm³/mol. The van der Waals surface area contributed by atoms with Crippen molar-refractivity contribution < 1.29 is 14.3 Å². The second-order valence-electron chi connectivity index (χ2n) is 6.49. The Kier molecular flexibility index (Phi) is 4.96. The highest BCUT2D eigenvalue weighted by molar-refractivity contribution is 5.90. The number of nitrogens with one attached hydrogen (secondary N) is 1. The average molecular weight is 316 g/mol. The van der Waals surface area contributed by atoms with E-state index in [2.05, 4.69) is 17.4 Å². The summed E-state index contributed by atoms with van der Waals surface area (Å²) in [6, 6.07) is 9.98. The summed E-state index contributed by atoms with van der Waals surface area (Å²) in [5, 5.41) is 2.77. The number of carbonyl (C=O) groups is 2. The number of hydrogen-bond acceptors (Lipinski definition) is 3. The molecule has 3 atom stereocenters. The van der Waals surface area contributed by atoms with Crippen molar-refractivity contribution in [3.05, 3.63) is 35.9 Å². The SMILES string of the molecule is CC1CN(C(=O)C2CCC(=O)N2)CC(CCc2ccccc2)O1. The lowest BCUT2D eigenvalue weighted by molar-refractivity contribution is -0.147. The Morgan fingerprint density at radius 2 is 2.09 bits per heavy atom. The van der Waals surface area contributed by atoms with Gasteiger partial charge in [0.05, 0.1) is 12.2 Å². The number of ether oxygens (including phenoxy) is 1. The Bertz CT molecular complexity index is 561. The van der Waals surface area contributed by atoms with Crippen molar-refractivity contribution in [3.63, 3.8) is 0 Å². The van der Waals surface area contributed by atoms with Gasteiger partial charge in [-0.1, -0.05) is 30.3 Å². The molecule has 2 heterocycles. The van der Waals surface area contributed by atoms with E-state index in [4.69, 9.17) is 4.74 Å². The van der Waals surface area contributed by atoms with Gasteiger partial charge >= 0.3 is 0 Å². The Labute approximate surface area is 137 Å². The van der Waals surface area contributed by atoms with Gasteiger partial charge < -0.3 is 15.0 Å². The van der Waals surface area contributed by atoms with Crippen LogP contribution in [0.4, 0.5) is 0 Å². The van der Waals surface area contributed by atoms with Gasteiger partial charge in [-0.3, -0.25) is 9.59 Å². The molecule has 2 aliphatic heterocycles. The van der Waals surface area contributed by atoms with E-state index in [0.717, 1.165) is 12.8 Å². The first kappa shape index (κ1) is 16.0. The zero-order chi connectivity index (χ0) is 16.2. The molecule has 0 aliphatic carbocycles. The number of rotatable bonds is 4. The van der Waals surface area contributed by atoms with Gasteiger partial charge in [0.25, 0.3) is 0 Å². The van der Waals surface area contributed by atoms with Gasteiger partial charge in [0, 0.05) is 19.5 Å². The number of amides is 2. The molecular weight excluding hydrogens is 292 g/mol. The van der Waals surface area contributed by atoms with Crippen molar-refractivity contribution in [2.24, 2.45) is 0 Å². The summed E-state index contributed by atoms with van der Waals surface area (Å²) in [5.74, 6) is 0.0148. The molecule has 3 unspecified atom stereocenters. The van der Waals surface area contributed by atoms with Crippen molar-refractivity contribution >= 4 is 11.8 Å². The maximum Gasteiger partial charge on any atom is 0.245 e. The molecule has 1 aromatic rings. The molecule has 0 aromatic heterocycles. The van der Waals surface area contributed by atoms with Crippen LogP contribution in [-0.2, 0) is 20.7 Å². The van der Waals surface area contributed by atoms with Gasteiger partial charge in [0.1, 0.15) is 6.04 Å². The summed E-state index contributed by atoms with van der Waals surface area (Å²) in [4.78, 5) is 25.8. The molecule has 2 aliphatic rings. The molecular formula is C18H24N2O3. The van der Waals surface area contributed by atoms with Gasteiger partial charge in [-0.15, -0.1) is 0 Å². The molecule has 3 rings (SSSR count). The Balaban J connectivity index is 1.56. The summed E-state index contributed by atoms with van der Waals surface area (Å²) in [5.41, 5.74) is 1.29. The quantitative estimate of drug-likeness (QED) is 0.916. The zero-order valence-electron chi connectivity index (χ0n) is 13.5. The van der Waals surface area contributed by atoms with E-state index in [1.54, 1.807) is 0 Å². The highest BCUT2D eigenvalue weighted by atomic mass is 16.5. The standard InChI is InChI=1S/C18H24N2O3/c1-13-11-20(18(22)16-9-10-17(21)19-16)12-15(23-13)8-7-14-5-3-2-4-6-14/h2-6,13,15-16H,7-12H2,1H3,(H,19,21). The Hall–Kier alpha value is -1.88. The van der Waals surface area contributed by atoms with Crippen molar-refractivity contribution in [1.82, 2.24) is 10.2 Å². The molecule has 5 heteroatoms. The lowest BCUT2D eigenvalue weighted by Crippen LogP contribution is -2.54. The first-order chi connectivity index (χ1) is 11.1. The number of hydrogen-bond donors (Lipinski definition) is 1. The van der Waals surface area contributed by atoms with Crippen molar-refractivity contribution in [3.8, 4) is 0 Å². The maximum atomic E-state index is 12.6. The molecule has 2 amide bonds. The lowest BCUT2D eigenvalue weighted by atomic mass is 10.0. The van der Waals surface area contributed by atoms with Crippen molar-refractivity contribution in [2.45, 2.75) is 50.9 Å². The molecule has 0 bridgehead atoms. The first-order valence-corrected chi connectivity index (χ1v) is 8.39. The molecule has 0 radical (unpaired) electrons. The average Bonchev–Trinajstić information content (AvgIpc) is 2.99. The fraction of sp³-hybridized carbons (Fsp3) is 0.556. The van der Waals surface area contributed by atoms with Crippen LogP contribution in [0.5, 0.6) is 0 Å². The van der Waals surface area contributed by atoms with Crippen LogP contribution in [0.3, 0.4) is 0 Å². The molecule has 0 spiro atoms. The Morgan fingerprint density at radius 3 is 2.78 bits per heavy atom. The molecule has 0 saturated carbocycles. The van der Waals surface area contributed by atoms with E-state index in [1.165, 1.54) is 5.56 Å². The summed E-state index contributed by atoms with van der Waals surface area (Å²) in [6.45, 7) is 3.22. The fourth-order valence-corrected chi connectivity index (χ4v) is 3.38. The minimum Gasteiger partial charge on any atom is -0.372 e. The molecule has 1 aromatic carbocycles.